The molecule has 0 amide bonds. The zero-order chi connectivity index (χ0) is 27.2. The molecule has 8 atom stereocenters. The molecule has 38 heavy (non-hydrogen) atoms. The lowest BCUT2D eigenvalue weighted by Crippen LogP contribution is -2.29. The number of allylic oxidation sites excluding steroid dienone is 2. The lowest BCUT2D eigenvalue weighted by atomic mass is 9.88. The molecule has 0 aromatic rings. The molecule has 3 rings (SSSR count). The summed E-state index contributed by atoms with van der Waals surface area (Å²) >= 11 is 0. The number of ether oxygens (including phenoxy) is 5. The van der Waals surface area contributed by atoms with E-state index in [0.29, 0.717) is 18.8 Å². The Balaban J connectivity index is 1.68. The van der Waals surface area contributed by atoms with Gasteiger partial charge >= 0.3 is 5.97 Å². The van der Waals surface area contributed by atoms with Gasteiger partial charge < -0.3 is 33.9 Å². The zero-order valence-corrected chi connectivity index (χ0v) is 23.4. The quantitative estimate of drug-likeness (QED) is 0.180. The van der Waals surface area contributed by atoms with Crippen molar-refractivity contribution in [2.75, 3.05) is 26.9 Å². The molecule has 2 saturated heterocycles. The second-order valence-electron chi connectivity index (χ2n) is 11.0. The highest BCUT2D eigenvalue weighted by Crippen LogP contribution is 2.40. The summed E-state index contributed by atoms with van der Waals surface area (Å²) in [6.07, 6.45) is 17.3. The first-order valence-corrected chi connectivity index (χ1v) is 14.7. The fraction of sp³-hybridized carbons (Fsp3) is 0.833. The molecule has 0 bridgehead atoms. The summed E-state index contributed by atoms with van der Waals surface area (Å²) in [5.74, 6) is -0.386. The first kappa shape index (κ1) is 31.2. The fourth-order valence-electron chi connectivity index (χ4n) is 5.74. The molecule has 0 radical (unpaired) electrons. The van der Waals surface area contributed by atoms with Crippen molar-refractivity contribution in [3.8, 4) is 0 Å². The topological polar surface area (TPSA) is 104 Å². The third kappa shape index (κ3) is 10.7. The first-order valence-electron chi connectivity index (χ1n) is 14.7. The first-order chi connectivity index (χ1) is 18.5. The van der Waals surface area contributed by atoms with Crippen molar-refractivity contribution in [3.63, 3.8) is 0 Å². The van der Waals surface area contributed by atoms with Crippen molar-refractivity contribution in [1.29, 1.82) is 0 Å². The van der Waals surface area contributed by atoms with E-state index in [4.69, 9.17) is 28.8 Å². The van der Waals surface area contributed by atoms with E-state index in [1.54, 1.807) is 7.11 Å². The number of rotatable bonds is 18. The maximum Gasteiger partial charge on any atom is 0.303 e. The number of hydrogen-bond donors (Lipinski definition) is 2. The van der Waals surface area contributed by atoms with Crippen LogP contribution in [0, 0.1) is 17.8 Å². The van der Waals surface area contributed by atoms with Crippen LogP contribution in [0.25, 0.3) is 0 Å². The maximum atomic E-state index is 11.0. The summed E-state index contributed by atoms with van der Waals surface area (Å²) in [7, 11) is 1.74. The molecule has 3 fully saturated rings. The molecule has 1 saturated carbocycles. The summed E-state index contributed by atoms with van der Waals surface area (Å²) in [4.78, 5) is 10.8. The van der Waals surface area contributed by atoms with Gasteiger partial charge in [0, 0.05) is 58.5 Å². The van der Waals surface area contributed by atoms with E-state index in [9.17, 15) is 9.90 Å². The van der Waals surface area contributed by atoms with Gasteiger partial charge in [0.25, 0.3) is 0 Å². The number of carbonyl (C=O) groups is 1. The standard InChI is InChI=1S/C30H50O8/c1-22(11-7-8-18-34-2)26(37-29-14-9-19-35-29)17-16-24-23(12-5-3-4-6-13-28(32)33)25(31)21-27(24)38-30-15-10-20-36-30/h3,5,16-17,22-27,29-31H,4,6-15,18-21H2,1-2H3,(H,32,33)/b5-3-,17-16+/t22?,23-,24-,25+,26+,27-,29?,30?/m1/s1. The highest BCUT2D eigenvalue weighted by atomic mass is 16.7. The number of carboxylic acids is 1. The monoisotopic (exact) mass is 538 g/mol. The second-order valence-corrected chi connectivity index (χ2v) is 11.0. The molecule has 2 heterocycles. The minimum atomic E-state index is -0.767. The highest BCUT2D eigenvalue weighted by molar-refractivity contribution is 5.66. The fourth-order valence-corrected chi connectivity index (χ4v) is 5.74. The Kier molecular flexibility index (Phi) is 14.3. The summed E-state index contributed by atoms with van der Waals surface area (Å²) in [6.45, 7) is 4.47. The molecule has 8 heteroatoms. The van der Waals surface area contributed by atoms with Crippen LogP contribution in [0.1, 0.15) is 84.0 Å². The highest BCUT2D eigenvalue weighted by Gasteiger charge is 2.42. The van der Waals surface area contributed by atoms with Gasteiger partial charge in [-0.1, -0.05) is 37.6 Å². The molecule has 218 valence electrons. The van der Waals surface area contributed by atoms with Crippen LogP contribution >= 0.6 is 0 Å². The van der Waals surface area contributed by atoms with Crippen molar-refractivity contribution in [3.05, 3.63) is 24.3 Å². The predicted molar refractivity (Wildman–Crippen MR) is 145 cm³/mol. The average molecular weight is 539 g/mol. The van der Waals surface area contributed by atoms with Crippen LogP contribution in [0.5, 0.6) is 0 Å². The van der Waals surface area contributed by atoms with Gasteiger partial charge in [-0.25, -0.2) is 0 Å². The maximum absolute atomic E-state index is 11.0. The Bertz CT molecular complexity index is 713. The van der Waals surface area contributed by atoms with Gasteiger partial charge in [-0.3, -0.25) is 4.79 Å². The number of aliphatic carboxylic acids is 1. The number of methoxy groups -OCH3 is 1. The van der Waals surface area contributed by atoms with E-state index in [0.717, 1.165) is 77.6 Å². The second kappa shape index (κ2) is 17.4. The molecule has 1 aliphatic carbocycles. The van der Waals surface area contributed by atoms with Crippen LogP contribution < -0.4 is 0 Å². The number of unbranched alkanes of at least 4 members (excludes halogenated alkanes) is 2. The minimum Gasteiger partial charge on any atom is -0.481 e. The molecule has 3 unspecified atom stereocenters. The van der Waals surface area contributed by atoms with E-state index in [1.807, 2.05) is 6.08 Å². The van der Waals surface area contributed by atoms with Crippen molar-refractivity contribution >= 4 is 5.97 Å². The Hall–Kier alpha value is -1.29. The van der Waals surface area contributed by atoms with Gasteiger partial charge in [-0.2, -0.15) is 0 Å². The van der Waals surface area contributed by atoms with Crippen molar-refractivity contribution in [1.82, 2.24) is 0 Å². The predicted octanol–water partition coefficient (Wildman–Crippen LogP) is 5.24. The number of aliphatic hydroxyl groups excluding tert-OH is 1. The van der Waals surface area contributed by atoms with E-state index in [2.05, 4.69) is 25.2 Å². The average Bonchev–Trinajstić information content (AvgIpc) is 3.65. The van der Waals surface area contributed by atoms with Gasteiger partial charge in [-0.15, -0.1) is 0 Å². The largest absolute Gasteiger partial charge is 0.481 e. The number of hydrogen-bond acceptors (Lipinski definition) is 7. The van der Waals surface area contributed by atoms with Gasteiger partial charge in [0.05, 0.1) is 18.3 Å². The van der Waals surface area contributed by atoms with Crippen LogP contribution in [0.3, 0.4) is 0 Å². The van der Waals surface area contributed by atoms with Crippen molar-refractivity contribution < 1.29 is 38.7 Å². The molecule has 3 aliphatic rings. The summed E-state index contributed by atoms with van der Waals surface area (Å²) in [5, 5.41) is 19.9. The summed E-state index contributed by atoms with van der Waals surface area (Å²) < 4.78 is 29.6. The van der Waals surface area contributed by atoms with Gasteiger partial charge in [-0.05, 0) is 56.8 Å². The van der Waals surface area contributed by atoms with E-state index >= 15 is 0 Å². The van der Waals surface area contributed by atoms with Crippen LogP contribution in [0.2, 0.25) is 0 Å². The Labute approximate surface area is 228 Å². The third-order valence-corrected chi connectivity index (χ3v) is 7.98. The molecule has 2 aliphatic heterocycles. The summed E-state index contributed by atoms with van der Waals surface area (Å²) in [6, 6.07) is 0. The smallest absolute Gasteiger partial charge is 0.303 e. The Morgan fingerprint density at radius 1 is 1.08 bits per heavy atom. The number of carboxylic acid groups (broad SMARTS) is 1. The van der Waals surface area contributed by atoms with Crippen LogP contribution in [-0.4, -0.2) is 74.0 Å². The number of aliphatic hydroxyl groups is 1. The molecule has 0 aromatic carbocycles. The van der Waals surface area contributed by atoms with Gasteiger partial charge in [0.1, 0.15) is 0 Å². The van der Waals surface area contributed by atoms with E-state index < -0.39 is 12.1 Å². The molecule has 0 spiro atoms. The Morgan fingerprint density at radius 3 is 2.53 bits per heavy atom. The van der Waals surface area contributed by atoms with E-state index in [-0.39, 0.29) is 43.0 Å². The lowest BCUT2D eigenvalue weighted by molar-refractivity contribution is -0.151. The molecule has 2 N–H and O–H groups in total. The lowest BCUT2D eigenvalue weighted by Gasteiger charge is -2.27. The Morgan fingerprint density at radius 2 is 1.84 bits per heavy atom. The minimum absolute atomic E-state index is 0.0220. The van der Waals surface area contributed by atoms with Crippen molar-refractivity contribution in [2.24, 2.45) is 17.8 Å². The third-order valence-electron chi connectivity index (χ3n) is 7.98. The molecular weight excluding hydrogens is 488 g/mol. The van der Waals surface area contributed by atoms with Crippen LogP contribution in [0.15, 0.2) is 24.3 Å². The normalized spacial score (nSPS) is 31.6. The summed E-state index contributed by atoms with van der Waals surface area (Å²) in [5.41, 5.74) is 0. The molecule has 0 aromatic heterocycles. The molecular formula is C30H50O8. The van der Waals surface area contributed by atoms with Crippen LogP contribution in [-0.2, 0) is 28.5 Å². The van der Waals surface area contributed by atoms with Gasteiger partial charge in [0.15, 0.2) is 12.6 Å². The zero-order valence-electron chi connectivity index (χ0n) is 23.4. The van der Waals surface area contributed by atoms with Crippen LogP contribution in [0.4, 0.5) is 0 Å². The SMILES string of the molecule is COCCCCC(C)[C@H](/C=C/[C@@H]1[C@@H](C/C=C\CCCC(=O)O)[C@@H](O)C[C@H]1OC1CCCO1)OC1CCCO1. The van der Waals surface area contributed by atoms with Gasteiger partial charge in [0.2, 0.25) is 0 Å². The molecule has 8 nitrogen and oxygen atoms in total. The van der Waals surface area contributed by atoms with E-state index in [1.165, 1.54) is 0 Å². The van der Waals surface area contributed by atoms with Crippen molar-refractivity contribution in [2.45, 2.75) is 115 Å².